The van der Waals surface area contributed by atoms with E-state index in [0.717, 1.165) is 5.19 Å². The Bertz CT molecular complexity index is 272. The van der Waals surface area contributed by atoms with Gasteiger partial charge in [0, 0.05) is 0 Å². The Labute approximate surface area is 86.3 Å². The van der Waals surface area contributed by atoms with E-state index in [0.29, 0.717) is 5.75 Å². The van der Waals surface area contributed by atoms with Gasteiger partial charge in [0.25, 0.3) is 0 Å². The molecule has 0 saturated heterocycles. The number of benzene rings is 1. The quantitative estimate of drug-likeness (QED) is 0.571. The van der Waals surface area contributed by atoms with Crippen molar-refractivity contribution in [2.24, 2.45) is 0 Å². The lowest BCUT2D eigenvalue weighted by Crippen LogP contribution is -2.29. The lowest BCUT2D eigenvalue weighted by Gasteiger charge is -2.08. The third-order valence-electron chi connectivity index (χ3n) is 1.40. The van der Waals surface area contributed by atoms with Crippen molar-refractivity contribution in [1.82, 2.24) is 0 Å². The molecule has 0 spiro atoms. The zero-order valence-corrected chi connectivity index (χ0v) is 9.62. The highest BCUT2D eigenvalue weighted by molar-refractivity contribution is 7.69. The highest BCUT2D eigenvalue weighted by atomic mass is 35.8. The van der Waals surface area contributed by atoms with Crippen LogP contribution >= 0.6 is 33.2 Å². The largest absolute Gasteiger partial charge is 0.497 e. The van der Waals surface area contributed by atoms with Gasteiger partial charge < -0.3 is 4.74 Å². The van der Waals surface area contributed by atoms with Gasteiger partial charge in [-0.05, 0) is 17.3 Å². The second-order valence-corrected chi connectivity index (χ2v) is 10.6. The van der Waals surface area contributed by atoms with E-state index in [1.165, 1.54) is 0 Å². The SMILES string of the molecule is COc1cccc([Si](Cl)(Cl)Cl)c1. The van der Waals surface area contributed by atoms with E-state index in [4.69, 9.17) is 38.0 Å². The minimum absolute atomic E-state index is 0.714. The summed E-state index contributed by atoms with van der Waals surface area (Å²) in [7, 11) is 1.58. The lowest BCUT2D eigenvalue weighted by atomic mass is 10.3. The van der Waals surface area contributed by atoms with Crippen LogP contribution in [0.5, 0.6) is 5.75 Å². The first-order valence-electron chi connectivity index (χ1n) is 3.25. The molecular formula is C7H7Cl3OSi. The van der Waals surface area contributed by atoms with E-state index in [1.54, 1.807) is 19.2 Å². The summed E-state index contributed by atoms with van der Waals surface area (Å²) in [6, 6.07) is 4.42. The summed E-state index contributed by atoms with van der Waals surface area (Å²) in [4.78, 5) is 0. The molecule has 0 N–H and O–H groups in total. The first-order chi connectivity index (χ1) is 5.54. The molecule has 0 aromatic heterocycles. The van der Waals surface area contributed by atoms with Gasteiger partial charge in [-0.3, -0.25) is 0 Å². The monoisotopic (exact) mass is 240 g/mol. The van der Waals surface area contributed by atoms with Gasteiger partial charge in [0.1, 0.15) is 5.75 Å². The summed E-state index contributed by atoms with van der Waals surface area (Å²) in [6.07, 6.45) is 0. The molecule has 0 heterocycles. The van der Waals surface area contributed by atoms with Crippen LogP contribution in [-0.4, -0.2) is 13.1 Å². The van der Waals surface area contributed by atoms with Crippen LogP contribution in [0.1, 0.15) is 0 Å². The first-order valence-corrected chi connectivity index (χ1v) is 8.29. The molecule has 1 nitrogen and oxygen atoms in total. The fourth-order valence-electron chi connectivity index (χ4n) is 0.799. The van der Waals surface area contributed by atoms with Crippen LogP contribution in [0, 0.1) is 0 Å². The van der Waals surface area contributed by atoms with Crippen molar-refractivity contribution in [1.29, 1.82) is 0 Å². The molecule has 12 heavy (non-hydrogen) atoms. The molecule has 0 aliphatic carbocycles. The molecule has 1 aromatic carbocycles. The molecular weight excluding hydrogens is 235 g/mol. The molecule has 0 unspecified atom stereocenters. The minimum atomic E-state index is -2.74. The lowest BCUT2D eigenvalue weighted by molar-refractivity contribution is 0.415. The Morgan fingerprint density at radius 3 is 2.42 bits per heavy atom. The van der Waals surface area contributed by atoms with Gasteiger partial charge in [0.2, 0.25) is 0 Å². The number of halogens is 3. The van der Waals surface area contributed by atoms with Crippen LogP contribution < -0.4 is 9.92 Å². The number of ether oxygens (including phenoxy) is 1. The maximum Gasteiger partial charge on any atom is 0.373 e. The van der Waals surface area contributed by atoms with Gasteiger partial charge in [0.15, 0.2) is 0 Å². The van der Waals surface area contributed by atoms with Crippen LogP contribution in [0.15, 0.2) is 24.3 Å². The van der Waals surface area contributed by atoms with Gasteiger partial charge in [-0.15, -0.1) is 33.2 Å². The Balaban J connectivity index is 3.02. The molecule has 0 saturated carbocycles. The number of hydrogen-bond acceptors (Lipinski definition) is 1. The van der Waals surface area contributed by atoms with Crippen molar-refractivity contribution >= 4 is 44.4 Å². The molecule has 0 radical (unpaired) electrons. The maximum absolute atomic E-state index is 5.80. The van der Waals surface area contributed by atoms with E-state index in [-0.39, 0.29) is 0 Å². The van der Waals surface area contributed by atoms with Gasteiger partial charge in [-0.1, -0.05) is 12.1 Å². The smallest absolute Gasteiger partial charge is 0.373 e. The molecule has 0 aliphatic rings. The average molecular weight is 242 g/mol. The molecule has 0 bridgehead atoms. The van der Waals surface area contributed by atoms with Crippen LogP contribution in [0.25, 0.3) is 0 Å². The summed E-state index contributed by atoms with van der Waals surface area (Å²) in [6.45, 7) is 0. The molecule has 0 atom stereocenters. The van der Waals surface area contributed by atoms with Crippen LogP contribution in [0.2, 0.25) is 0 Å². The van der Waals surface area contributed by atoms with Crippen molar-refractivity contribution in [2.45, 2.75) is 0 Å². The summed E-state index contributed by atoms with van der Waals surface area (Å²) in [5.41, 5.74) is 0. The Morgan fingerprint density at radius 2 is 1.92 bits per heavy atom. The van der Waals surface area contributed by atoms with E-state index < -0.39 is 6.00 Å². The zero-order valence-electron chi connectivity index (χ0n) is 6.35. The van der Waals surface area contributed by atoms with E-state index in [2.05, 4.69) is 0 Å². The van der Waals surface area contributed by atoms with Gasteiger partial charge in [0.05, 0.1) is 7.11 Å². The summed E-state index contributed by atoms with van der Waals surface area (Å²) >= 11 is 17.4. The standard InChI is InChI=1S/C7H7Cl3OSi/c1-11-6-3-2-4-7(5-6)12(8,9)10/h2-5H,1H3. The molecule has 0 aliphatic heterocycles. The van der Waals surface area contributed by atoms with Crippen molar-refractivity contribution in [3.8, 4) is 5.75 Å². The van der Waals surface area contributed by atoms with Gasteiger partial charge in [-0.2, -0.15) is 0 Å². The van der Waals surface area contributed by atoms with Crippen molar-refractivity contribution in [2.75, 3.05) is 7.11 Å². The molecule has 66 valence electrons. The molecule has 0 amide bonds. The topological polar surface area (TPSA) is 9.23 Å². The van der Waals surface area contributed by atoms with E-state index in [9.17, 15) is 0 Å². The Morgan fingerprint density at radius 1 is 1.25 bits per heavy atom. The van der Waals surface area contributed by atoms with Crippen molar-refractivity contribution in [3.63, 3.8) is 0 Å². The molecule has 0 fully saturated rings. The zero-order chi connectivity index (χ0) is 9.19. The van der Waals surface area contributed by atoms with Gasteiger partial charge >= 0.3 is 6.00 Å². The highest BCUT2D eigenvalue weighted by Gasteiger charge is 2.28. The predicted octanol–water partition coefficient (Wildman–Crippen LogP) is 2.56. The van der Waals surface area contributed by atoms with Crippen LogP contribution in [-0.2, 0) is 0 Å². The Kier molecular flexibility index (Phi) is 3.29. The number of hydrogen-bond donors (Lipinski definition) is 0. The number of methoxy groups -OCH3 is 1. The normalized spacial score (nSPS) is 11.3. The average Bonchev–Trinajstić information content (AvgIpc) is 2.03. The van der Waals surface area contributed by atoms with E-state index in [1.807, 2.05) is 12.1 Å². The molecule has 5 heteroatoms. The highest BCUT2D eigenvalue weighted by Crippen LogP contribution is 2.21. The molecule has 1 rings (SSSR count). The van der Waals surface area contributed by atoms with Crippen molar-refractivity contribution < 1.29 is 4.74 Å². The second-order valence-electron chi connectivity index (χ2n) is 2.23. The van der Waals surface area contributed by atoms with Gasteiger partial charge in [-0.25, -0.2) is 0 Å². The number of rotatable bonds is 2. The minimum Gasteiger partial charge on any atom is -0.497 e. The fraction of sp³-hybridized carbons (Fsp3) is 0.143. The summed E-state index contributed by atoms with van der Waals surface area (Å²) in [5, 5.41) is 0.742. The van der Waals surface area contributed by atoms with Crippen LogP contribution in [0.4, 0.5) is 0 Å². The third kappa shape index (κ3) is 2.56. The fourth-order valence-corrected chi connectivity index (χ4v) is 2.45. The second kappa shape index (κ2) is 3.88. The van der Waals surface area contributed by atoms with Crippen molar-refractivity contribution in [3.05, 3.63) is 24.3 Å². The summed E-state index contributed by atoms with van der Waals surface area (Å²) in [5.74, 6) is 0.714. The van der Waals surface area contributed by atoms with Crippen LogP contribution in [0.3, 0.4) is 0 Å². The maximum atomic E-state index is 5.80. The third-order valence-corrected chi connectivity index (χ3v) is 4.33. The Hall–Kier alpha value is 0.107. The molecule has 1 aromatic rings. The predicted molar refractivity (Wildman–Crippen MR) is 55.9 cm³/mol. The summed E-state index contributed by atoms with van der Waals surface area (Å²) < 4.78 is 5.00. The first kappa shape index (κ1) is 10.2. The van der Waals surface area contributed by atoms with E-state index >= 15 is 0 Å².